The molecule has 2 heterocycles. The van der Waals surface area contributed by atoms with Crippen molar-refractivity contribution < 1.29 is 0 Å². The molecule has 28 heavy (non-hydrogen) atoms. The lowest BCUT2D eigenvalue weighted by molar-refractivity contribution is 0.593. The van der Waals surface area contributed by atoms with Crippen LogP contribution in [0.25, 0.3) is 22.1 Å². The highest BCUT2D eigenvalue weighted by molar-refractivity contribution is 5.80. The molecule has 0 atom stereocenters. The zero-order valence-electron chi connectivity index (χ0n) is 17.2. The maximum Gasteiger partial charge on any atom is 0.0924 e. The van der Waals surface area contributed by atoms with Crippen LogP contribution in [0, 0.1) is 0 Å². The predicted molar refractivity (Wildman–Crippen MR) is 115 cm³/mol. The molecule has 4 nitrogen and oxygen atoms in total. The standard InChI is InChI=1S/C24H26N4/c1-15(2)17-6-7-20-21(13-17)27-14-18(28-20)10-16-11-19(24(3,4)5)23-22(12-16)25-8-9-26-23/h6-9,11-15H,10H2,1-5H3. The maximum absolute atomic E-state index is 4.84. The summed E-state index contributed by atoms with van der Waals surface area (Å²) in [5.41, 5.74) is 8.45. The van der Waals surface area contributed by atoms with Gasteiger partial charge in [0.1, 0.15) is 0 Å². The molecule has 142 valence electrons. The second-order valence-corrected chi connectivity index (χ2v) is 8.76. The highest BCUT2D eigenvalue weighted by Crippen LogP contribution is 2.30. The second kappa shape index (κ2) is 6.93. The predicted octanol–water partition coefficient (Wildman–Crippen LogP) is 5.58. The van der Waals surface area contributed by atoms with Crippen LogP contribution in [-0.2, 0) is 11.8 Å². The molecular weight excluding hydrogens is 344 g/mol. The lowest BCUT2D eigenvalue weighted by atomic mass is 9.84. The van der Waals surface area contributed by atoms with E-state index < -0.39 is 0 Å². The molecule has 0 saturated carbocycles. The smallest absolute Gasteiger partial charge is 0.0924 e. The molecule has 0 unspecified atom stereocenters. The molecule has 0 aliphatic carbocycles. The quantitative estimate of drug-likeness (QED) is 0.472. The molecule has 0 N–H and O–H groups in total. The number of rotatable bonds is 3. The monoisotopic (exact) mass is 370 g/mol. The van der Waals surface area contributed by atoms with Gasteiger partial charge in [0.15, 0.2) is 0 Å². The van der Waals surface area contributed by atoms with Crippen LogP contribution in [0.5, 0.6) is 0 Å². The lowest BCUT2D eigenvalue weighted by Gasteiger charge is -2.21. The van der Waals surface area contributed by atoms with E-state index in [4.69, 9.17) is 4.98 Å². The molecule has 0 radical (unpaired) electrons. The van der Waals surface area contributed by atoms with Crippen molar-refractivity contribution in [1.82, 2.24) is 19.9 Å². The number of hydrogen-bond acceptors (Lipinski definition) is 4. The topological polar surface area (TPSA) is 51.6 Å². The van der Waals surface area contributed by atoms with Gasteiger partial charge in [0.25, 0.3) is 0 Å². The van der Waals surface area contributed by atoms with Crippen molar-refractivity contribution in [2.24, 2.45) is 0 Å². The minimum absolute atomic E-state index is 0.00734. The zero-order valence-corrected chi connectivity index (χ0v) is 17.2. The van der Waals surface area contributed by atoms with E-state index in [1.165, 1.54) is 16.7 Å². The lowest BCUT2D eigenvalue weighted by Crippen LogP contribution is -2.13. The molecule has 2 aromatic carbocycles. The van der Waals surface area contributed by atoms with Crippen molar-refractivity contribution >= 4 is 22.1 Å². The summed E-state index contributed by atoms with van der Waals surface area (Å²) in [5, 5.41) is 0. The molecule has 0 spiro atoms. The summed E-state index contributed by atoms with van der Waals surface area (Å²) >= 11 is 0. The Morgan fingerprint density at radius 2 is 1.64 bits per heavy atom. The molecule has 0 fully saturated rings. The van der Waals surface area contributed by atoms with Crippen molar-refractivity contribution in [1.29, 1.82) is 0 Å². The molecular formula is C24H26N4. The number of hydrogen-bond donors (Lipinski definition) is 0. The Morgan fingerprint density at radius 3 is 2.39 bits per heavy atom. The fraction of sp³-hybridized carbons (Fsp3) is 0.333. The molecule has 0 amide bonds. The van der Waals surface area contributed by atoms with Crippen LogP contribution in [0.2, 0.25) is 0 Å². The number of fused-ring (bicyclic) bond motifs is 2. The van der Waals surface area contributed by atoms with Crippen LogP contribution < -0.4 is 0 Å². The average molecular weight is 370 g/mol. The minimum Gasteiger partial charge on any atom is -0.253 e. The third-order valence-electron chi connectivity index (χ3n) is 5.11. The van der Waals surface area contributed by atoms with Gasteiger partial charge in [-0.3, -0.25) is 15.0 Å². The highest BCUT2D eigenvalue weighted by atomic mass is 14.8. The van der Waals surface area contributed by atoms with Crippen molar-refractivity contribution in [2.45, 2.75) is 52.4 Å². The van der Waals surface area contributed by atoms with Gasteiger partial charge in [-0.05, 0) is 46.2 Å². The van der Waals surface area contributed by atoms with Gasteiger partial charge in [-0.25, -0.2) is 4.98 Å². The summed E-state index contributed by atoms with van der Waals surface area (Å²) in [6.45, 7) is 11.0. The number of nitrogens with zero attached hydrogens (tertiary/aromatic N) is 4. The van der Waals surface area contributed by atoms with Gasteiger partial charge >= 0.3 is 0 Å². The van der Waals surface area contributed by atoms with Crippen LogP contribution >= 0.6 is 0 Å². The molecule has 0 bridgehead atoms. The van der Waals surface area contributed by atoms with Gasteiger partial charge in [0.05, 0.1) is 27.8 Å². The number of benzene rings is 2. The van der Waals surface area contributed by atoms with Crippen molar-refractivity contribution in [3.8, 4) is 0 Å². The van der Waals surface area contributed by atoms with Gasteiger partial charge < -0.3 is 0 Å². The maximum atomic E-state index is 4.84. The molecule has 4 rings (SSSR count). The van der Waals surface area contributed by atoms with E-state index in [0.717, 1.165) is 34.2 Å². The van der Waals surface area contributed by atoms with E-state index in [-0.39, 0.29) is 5.41 Å². The van der Waals surface area contributed by atoms with Crippen molar-refractivity contribution in [3.05, 3.63) is 71.3 Å². The largest absolute Gasteiger partial charge is 0.253 e. The van der Waals surface area contributed by atoms with Crippen LogP contribution in [0.4, 0.5) is 0 Å². The summed E-state index contributed by atoms with van der Waals surface area (Å²) in [6.07, 6.45) is 6.13. The van der Waals surface area contributed by atoms with Crippen LogP contribution in [0.15, 0.2) is 48.9 Å². The molecule has 2 aromatic heterocycles. The summed E-state index contributed by atoms with van der Waals surface area (Å²) < 4.78 is 0. The van der Waals surface area contributed by atoms with E-state index in [0.29, 0.717) is 5.92 Å². The van der Waals surface area contributed by atoms with E-state index >= 15 is 0 Å². The van der Waals surface area contributed by atoms with Gasteiger partial charge in [0.2, 0.25) is 0 Å². The Balaban J connectivity index is 1.74. The fourth-order valence-electron chi connectivity index (χ4n) is 3.53. The van der Waals surface area contributed by atoms with Gasteiger partial charge in [0, 0.05) is 25.0 Å². The van der Waals surface area contributed by atoms with Crippen LogP contribution in [0.1, 0.15) is 62.9 Å². The Hall–Kier alpha value is -2.88. The molecule has 0 aliphatic heterocycles. The van der Waals surface area contributed by atoms with E-state index in [1.807, 2.05) is 6.20 Å². The van der Waals surface area contributed by atoms with Crippen LogP contribution in [-0.4, -0.2) is 19.9 Å². The first kappa shape index (κ1) is 18.5. The summed E-state index contributed by atoms with van der Waals surface area (Å²) in [4.78, 5) is 18.6. The first-order chi connectivity index (χ1) is 13.3. The van der Waals surface area contributed by atoms with E-state index in [9.17, 15) is 0 Å². The fourth-order valence-corrected chi connectivity index (χ4v) is 3.53. The van der Waals surface area contributed by atoms with Gasteiger partial charge in [-0.1, -0.05) is 46.8 Å². The van der Waals surface area contributed by atoms with Gasteiger partial charge in [-0.15, -0.1) is 0 Å². The van der Waals surface area contributed by atoms with Crippen LogP contribution in [0.3, 0.4) is 0 Å². The first-order valence-electron chi connectivity index (χ1n) is 9.81. The normalized spacial score (nSPS) is 12.2. The molecule has 4 aromatic rings. The molecule has 0 saturated heterocycles. The molecule has 0 aliphatic rings. The first-order valence-corrected chi connectivity index (χ1v) is 9.81. The Morgan fingerprint density at radius 1 is 0.857 bits per heavy atom. The average Bonchev–Trinajstić information content (AvgIpc) is 2.66. The highest BCUT2D eigenvalue weighted by Gasteiger charge is 2.19. The summed E-state index contributed by atoms with van der Waals surface area (Å²) in [6, 6.07) is 10.7. The van der Waals surface area contributed by atoms with E-state index in [1.54, 1.807) is 12.4 Å². The Labute approximate surface area is 166 Å². The number of aromatic nitrogens is 4. The third-order valence-corrected chi connectivity index (χ3v) is 5.11. The third kappa shape index (κ3) is 3.59. The summed E-state index contributed by atoms with van der Waals surface area (Å²) in [5.74, 6) is 0.486. The zero-order chi connectivity index (χ0) is 19.9. The van der Waals surface area contributed by atoms with Crippen molar-refractivity contribution in [3.63, 3.8) is 0 Å². The van der Waals surface area contributed by atoms with Gasteiger partial charge in [-0.2, -0.15) is 0 Å². The Kier molecular flexibility index (Phi) is 4.58. The van der Waals surface area contributed by atoms with E-state index in [2.05, 4.69) is 79.9 Å². The van der Waals surface area contributed by atoms with Crippen molar-refractivity contribution in [2.75, 3.05) is 0 Å². The molecule has 4 heteroatoms. The summed E-state index contributed by atoms with van der Waals surface area (Å²) in [7, 11) is 0. The SMILES string of the molecule is CC(C)c1ccc2nc(Cc3cc(C(C)(C)C)c4nccnc4c3)cnc2c1. The minimum atomic E-state index is -0.00734. The second-order valence-electron chi connectivity index (χ2n) is 8.76. The Bertz CT molecular complexity index is 1160.